The summed E-state index contributed by atoms with van der Waals surface area (Å²) in [5.41, 5.74) is 3.08. The minimum atomic E-state index is -3.94. The Morgan fingerprint density at radius 3 is 2.23 bits per heavy atom. The van der Waals surface area contributed by atoms with Crippen LogP contribution in [-0.4, -0.2) is 41.8 Å². The number of allylic oxidation sites excluding steroid dienone is 2. The molecular formula is C30H37F2NO5S. The van der Waals surface area contributed by atoms with Gasteiger partial charge in [-0.25, -0.2) is 22.0 Å². The van der Waals surface area contributed by atoms with Gasteiger partial charge in [0.15, 0.2) is 6.10 Å². The molecule has 39 heavy (non-hydrogen) atoms. The number of halogens is 2. The van der Waals surface area contributed by atoms with Gasteiger partial charge in [0.25, 0.3) is 0 Å². The molecule has 0 spiro atoms. The highest BCUT2D eigenvalue weighted by atomic mass is 32.2. The van der Waals surface area contributed by atoms with E-state index < -0.39 is 45.2 Å². The molecule has 0 radical (unpaired) electrons. The van der Waals surface area contributed by atoms with Crippen LogP contribution < -0.4 is 0 Å². The zero-order valence-corrected chi connectivity index (χ0v) is 24.5. The van der Waals surface area contributed by atoms with E-state index in [0.29, 0.717) is 23.1 Å². The number of nitrogens with zero attached hydrogens (tertiary/aromatic N) is 1. The van der Waals surface area contributed by atoms with E-state index in [2.05, 4.69) is 0 Å². The quantitative estimate of drug-likeness (QED) is 0.433. The Balaban J connectivity index is 2.38. The van der Waals surface area contributed by atoms with Crippen LogP contribution in [0.1, 0.15) is 63.8 Å². The highest BCUT2D eigenvalue weighted by Crippen LogP contribution is 2.44. The van der Waals surface area contributed by atoms with Crippen LogP contribution in [-0.2, 0) is 32.5 Å². The number of carboxylic acids is 1. The summed E-state index contributed by atoms with van der Waals surface area (Å²) in [6.07, 6.45) is 0.103. The largest absolute Gasteiger partial charge is 0.479 e. The number of ether oxygens (including phenoxy) is 1. The Hall–Kier alpha value is -3.04. The van der Waals surface area contributed by atoms with Crippen molar-refractivity contribution in [3.63, 3.8) is 0 Å². The molecule has 0 saturated carbocycles. The Morgan fingerprint density at radius 2 is 1.72 bits per heavy atom. The van der Waals surface area contributed by atoms with E-state index >= 15 is 4.39 Å². The van der Waals surface area contributed by atoms with Crippen molar-refractivity contribution in [3.05, 3.63) is 87.1 Å². The highest BCUT2D eigenvalue weighted by Gasteiger charge is 2.39. The molecule has 1 aliphatic heterocycles. The van der Waals surface area contributed by atoms with E-state index in [-0.39, 0.29) is 23.4 Å². The van der Waals surface area contributed by atoms with Gasteiger partial charge in [-0.05, 0) is 70.7 Å². The van der Waals surface area contributed by atoms with Gasteiger partial charge in [-0.15, -0.1) is 0 Å². The zero-order chi connectivity index (χ0) is 29.4. The number of sulfonamides is 1. The predicted molar refractivity (Wildman–Crippen MR) is 148 cm³/mol. The lowest BCUT2D eigenvalue weighted by Crippen LogP contribution is -2.40. The van der Waals surface area contributed by atoms with E-state index in [1.165, 1.54) is 0 Å². The molecule has 0 bridgehead atoms. The van der Waals surface area contributed by atoms with Crippen LogP contribution >= 0.6 is 0 Å². The monoisotopic (exact) mass is 561 g/mol. The van der Waals surface area contributed by atoms with Crippen LogP contribution in [0.15, 0.2) is 53.2 Å². The first-order chi connectivity index (χ1) is 17.9. The fourth-order valence-electron chi connectivity index (χ4n) is 4.89. The van der Waals surface area contributed by atoms with E-state index in [0.717, 1.165) is 33.8 Å². The van der Waals surface area contributed by atoms with Crippen molar-refractivity contribution in [1.29, 1.82) is 0 Å². The van der Waals surface area contributed by atoms with E-state index in [1.54, 1.807) is 41.5 Å². The zero-order valence-electron chi connectivity index (χ0n) is 23.7. The van der Waals surface area contributed by atoms with Crippen LogP contribution in [0.5, 0.6) is 0 Å². The molecular weight excluding hydrogens is 524 g/mol. The van der Waals surface area contributed by atoms with Gasteiger partial charge in [0.2, 0.25) is 10.0 Å². The second-order valence-corrected chi connectivity index (χ2v) is 13.2. The summed E-state index contributed by atoms with van der Waals surface area (Å²) in [6.45, 7) is 12.0. The minimum Gasteiger partial charge on any atom is -0.479 e. The first-order valence-electron chi connectivity index (χ1n) is 12.7. The molecule has 0 aliphatic carbocycles. The molecule has 0 fully saturated rings. The fourth-order valence-corrected chi connectivity index (χ4v) is 5.83. The highest BCUT2D eigenvalue weighted by molar-refractivity contribution is 7.88. The molecule has 0 saturated heterocycles. The SMILES string of the molecule is CC(Cc1ccc(C)cc1)=C1/C(=C(/C)C(C)[C@H](OC(C)(C)C)C(=O)O)N(S(C)(=O)=O)Cc2cc(F)cc(F)c21. The molecule has 2 aromatic carbocycles. The Morgan fingerprint density at radius 1 is 1.13 bits per heavy atom. The molecule has 3 rings (SSSR count). The lowest BCUT2D eigenvalue weighted by molar-refractivity contribution is -0.163. The van der Waals surface area contributed by atoms with Crippen molar-refractivity contribution < 1.29 is 31.8 Å². The summed E-state index contributed by atoms with van der Waals surface area (Å²) in [5.74, 6) is -3.60. The predicted octanol–water partition coefficient (Wildman–Crippen LogP) is 6.24. The molecule has 212 valence electrons. The third kappa shape index (κ3) is 6.94. The molecule has 1 aliphatic rings. The average molecular weight is 562 g/mol. The number of aryl methyl sites for hydroxylation is 1. The first kappa shape index (κ1) is 30.5. The van der Waals surface area contributed by atoms with Crippen LogP contribution in [0.2, 0.25) is 0 Å². The Bertz CT molecular complexity index is 1440. The Labute approximate surface area is 230 Å². The number of benzene rings is 2. The lowest BCUT2D eigenvalue weighted by atomic mass is 9.83. The number of carboxylic acid groups (broad SMARTS) is 1. The summed E-state index contributed by atoms with van der Waals surface area (Å²) < 4.78 is 63.1. The molecule has 9 heteroatoms. The molecule has 6 nitrogen and oxygen atoms in total. The van der Waals surface area contributed by atoms with Crippen molar-refractivity contribution in [3.8, 4) is 0 Å². The summed E-state index contributed by atoms with van der Waals surface area (Å²) in [5, 5.41) is 10.0. The van der Waals surface area contributed by atoms with Gasteiger partial charge < -0.3 is 9.84 Å². The van der Waals surface area contributed by atoms with Crippen molar-refractivity contribution in [2.75, 3.05) is 6.26 Å². The third-order valence-electron chi connectivity index (χ3n) is 6.84. The van der Waals surface area contributed by atoms with Gasteiger partial charge in [-0.3, -0.25) is 4.31 Å². The lowest BCUT2D eigenvalue weighted by Gasteiger charge is -2.38. The van der Waals surface area contributed by atoms with Crippen LogP contribution in [0, 0.1) is 24.5 Å². The number of fused-ring (bicyclic) bond motifs is 1. The van der Waals surface area contributed by atoms with E-state index in [9.17, 15) is 22.7 Å². The second-order valence-electron chi connectivity index (χ2n) is 11.3. The normalized spacial score (nSPS) is 18.4. The molecule has 0 aromatic heterocycles. The maximum absolute atomic E-state index is 15.5. The number of rotatable bonds is 7. The first-order valence-corrected chi connectivity index (χ1v) is 14.6. The molecule has 1 heterocycles. The van der Waals surface area contributed by atoms with Gasteiger partial charge in [-0.2, -0.15) is 0 Å². The maximum atomic E-state index is 15.5. The van der Waals surface area contributed by atoms with Gasteiger partial charge in [0.05, 0.1) is 24.1 Å². The number of carbonyl (C=O) groups is 1. The van der Waals surface area contributed by atoms with Crippen molar-refractivity contribution >= 4 is 21.6 Å². The fraction of sp³-hybridized carbons (Fsp3) is 0.433. The summed E-state index contributed by atoms with van der Waals surface area (Å²) in [4.78, 5) is 12.3. The van der Waals surface area contributed by atoms with Crippen LogP contribution in [0.4, 0.5) is 8.78 Å². The number of hydrogen-bond donors (Lipinski definition) is 1. The summed E-state index contributed by atoms with van der Waals surface area (Å²) in [6, 6.07) is 9.71. The van der Waals surface area contributed by atoms with Crippen molar-refractivity contribution in [2.24, 2.45) is 5.92 Å². The molecule has 2 atom stereocenters. The molecule has 2 aromatic rings. The molecule has 1 unspecified atom stereocenters. The topological polar surface area (TPSA) is 83.9 Å². The molecule has 0 amide bonds. The second kappa shape index (κ2) is 11.2. The van der Waals surface area contributed by atoms with Crippen molar-refractivity contribution in [1.82, 2.24) is 4.31 Å². The standard InChI is InChI=1S/C30H37F2NO5S/c1-17-9-11-21(12-10-17)13-18(2)25-26-22(14-23(31)15-24(26)32)16-33(39(8,36)37)27(25)19(3)20(4)28(29(34)35)38-30(5,6)7/h9-12,14-15,20,28H,13,16H2,1-8H3,(H,34,35)/b25-18?,27-19+/t20?,28-/m0/s1. The van der Waals surface area contributed by atoms with Crippen LogP contribution in [0.25, 0.3) is 5.57 Å². The van der Waals surface area contributed by atoms with Gasteiger partial charge >= 0.3 is 5.97 Å². The van der Waals surface area contributed by atoms with Crippen molar-refractivity contribution in [2.45, 2.75) is 73.1 Å². The van der Waals surface area contributed by atoms with E-state index in [1.807, 2.05) is 31.2 Å². The minimum absolute atomic E-state index is 0.117. The summed E-state index contributed by atoms with van der Waals surface area (Å²) >= 11 is 0. The number of aliphatic carboxylic acids is 1. The van der Waals surface area contributed by atoms with Crippen LogP contribution in [0.3, 0.4) is 0 Å². The van der Waals surface area contributed by atoms with Gasteiger partial charge in [-0.1, -0.05) is 42.3 Å². The summed E-state index contributed by atoms with van der Waals surface area (Å²) in [7, 11) is -3.94. The van der Waals surface area contributed by atoms with Gasteiger partial charge in [0.1, 0.15) is 11.6 Å². The third-order valence-corrected chi connectivity index (χ3v) is 7.95. The molecule has 1 N–H and O–H groups in total. The average Bonchev–Trinajstić information content (AvgIpc) is 2.80. The van der Waals surface area contributed by atoms with Gasteiger partial charge in [0, 0.05) is 23.1 Å². The Kier molecular flexibility index (Phi) is 8.77. The van der Waals surface area contributed by atoms with E-state index in [4.69, 9.17) is 4.74 Å². The number of hydrogen-bond acceptors (Lipinski definition) is 4. The smallest absolute Gasteiger partial charge is 0.333 e. The maximum Gasteiger partial charge on any atom is 0.333 e.